The van der Waals surface area contributed by atoms with Crippen LogP contribution in [0, 0.1) is 0 Å². The zero-order valence-corrected chi connectivity index (χ0v) is 11.9. The summed E-state index contributed by atoms with van der Waals surface area (Å²) in [6.07, 6.45) is 3.25. The Labute approximate surface area is 115 Å². The van der Waals surface area contributed by atoms with Crippen LogP contribution < -0.4 is 0 Å². The Bertz CT molecular complexity index is 561. The Morgan fingerprint density at radius 3 is 2.33 bits per heavy atom. The maximum atomic E-state index is 12.2. The largest absolute Gasteiger partial charge is 0.289 e. The highest BCUT2D eigenvalue weighted by Gasteiger charge is 2.10. The van der Waals surface area contributed by atoms with Crippen molar-refractivity contribution in [1.82, 2.24) is 4.98 Å². The van der Waals surface area contributed by atoms with Crippen LogP contribution in [0.1, 0.15) is 41.3 Å². The summed E-state index contributed by atoms with van der Waals surface area (Å²) >= 11 is 3.32. The van der Waals surface area contributed by atoms with Gasteiger partial charge in [0.2, 0.25) is 0 Å². The van der Waals surface area contributed by atoms with E-state index in [1.54, 1.807) is 18.5 Å². The van der Waals surface area contributed by atoms with Gasteiger partial charge in [-0.25, -0.2) is 0 Å². The molecule has 2 rings (SSSR count). The van der Waals surface area contributed by atoms with E-state index in [4.69, 9.17) is 0 Å². The Morgan fingerprint density at radius 1 is 1.11 bits per heavy atom. The Kier molecular flexibility index (Phi) is 3.92. The highest BCUT2D eigenvalue weighted by molar-refractivity contribution is 9.10. The lowest BCUT2D eigenvalue weighted by atomic mass is 9.99. The van der Waals surface area contributed by atoms with Crippen molar-refractivity contribution >= 4 is 21.7 Å². The first kappa shape index (κ1) is 13.0. The van der Waals surface area contributed by atoms with Crippen molar-refractivity contribution in [1.29, 1.82) is 0 Å². The number of aromatic nitrogens is 1. The number of pyridine rings is 1. The summed E-state index contributed by atoms with van der Waals surface area (Å²) in [5, 5.41) is 0. The molecule has 18 heavy (non-hydrogen) atoms. The molecule has 0 saturated heterocycles. The van der Waals surface area contributed by atoms with Gasteiger partial charge in [0, 0.05) is 28.0 Å². The fourth-order valence-corrected chi connectivity index (χ4v) is 2.09. The van der Waals surface area contributed by atoms with Crippen LogP contribution in [-0.4, -0.2) is 10.8 Å². The lowest BCUT2D eigenvalue weighted by Gasteiger charge is -2.06. The number of ketones is 1. The number of carbonyl (C=O) groups excluding carboxylic acids is 1. The predicted molar refractivity (Wildman–Crippen MR) is 75.9 cm³/mol. The SMILES string of the molecule is CC(C)c1ccc(C(=O)c2cncc(Br)c2)cc1. The van der Waals surface area contributed by atoms with Crippen molar-refractivity contribution < 1.29 is 4.79 Å². The molecule has 2 nitrogen and oxygen atoms in total. The minimum atomic E-state index is -0.000828. The van der Waals surface area contributed by atoms with Gasteiger partial charge in [0.15, 0.2) is 5.78 Å². The standard InChI is InChI=1S/C15H14BrNO/c1-10(2)11-3-5-12(6-4-11)15(18)13-7-14(16)9-17-8-13/h3-10H,1-2H3. The minimum Gasteiger partial charge on any atom is -0.289 e. The van der Waals surface area contributed by atoms with Crippen molar-refractivity contribution in [2.45, 2.75) is 19.8 Å². The smallest absolute Gasteiger partial charge is 0.194 e. The summed E-state index contributed by atoms with van der Waals surface area (Å²) in [7, 11) is 0. The molecule has 3 heteroatoms. The Morgan fingerprint density at radius 2 is 1.78 bits per heavy atom. The van der Waals surface area contributed by atoms with Crippen LogP contribution in [0.25, 0.3) is 0 Å². The maximum Gasteiger partial charge on any atom is 0.194 e. The fraction of sp³-hybridized carbons (Fsp3) is 0.200. The number of benzene rings is 1. The van der Waals surface area contributed by atoms with E-state index in [0.29, 0.717) is 17.0 Å². The van der Waals surface area contributed by atoms with Crippen LogP contribution in [0.15, 0.2) is 47.2 Å². The lowest BCUT2D eigenvalue weighted by molar-refractivity contribution is 0.103. The van der Waals surface area contributed by atoms with Crippen LogP contribution in [0.5, 0.6) is 0 Å². The third kappa shape index (κ3) is 2.85. The van der Waals surface area contributed by atoms with Gasteiger partial charge in [-0.15, -0.1) is 0 Å². The number of nitrogens with zero attached hydrogens (tertiary/aromatic N) is 1. The molecular formula is C15H14BrNO. The van der Waals surface area contributed by atoms with Gasteiger partial charge in [-0.1, -0.05) is 38.1 Å². The van der Waals surface area contributed by atoms with Crippen LogP contribution in [-0.2, 0) is 0 Å². The minimum absolute atomic E-state index is 0.000828. The van der Waals surface area contributed by atoms with E-state index in [9.17, 15) is 4.79 Å². The maximum absolute atomic E-state index is 12.2. The highest BCUT2D eigenvalue weighted by Crippen LogP contribution is 2.18. The molecule has 0 amide bonds. The molecule has 0 spiro atoms. The van der Waals surface area contributed by atoms with Crippen molar-refractivity contribution in [2.24, 2.45) is 0 Å². The molecule has 2 aromatic rings. The second kappa shape index (κ2) is 5.44. The van der Waals surface area contributed by atoms with E-state index in [1.807, 2.05) is 24.3 Å². The van der Waals surface area contributed by atoms with Crippen LogP contribution in [0.4, 0.5) is 0 Å². The number of hydrogen-bond acceptors (Lipinski definition) is 2. The normalized spacial score (nSPS) is 10.7. The zero-order valence-electron chi connectivity index (χ0n) is 10.4. The molecule has 0 radical (unpaired) electrons. The number of rotatable bonds is 3. The third-order valence-electron chi connectivity index (χ3n) is 2.81. The predicted octanol–water partition coefficient (Wildman–Crippen LogP) is 4.20. The average molecular weight is 304 g/mol. The van der Waals surface area contributed by atoms with Gasteiger partial charge < -0.3 is 0 Å². The van der Waals surface area contributed by atoms with Gasteiger partial charge in [-0.05, 0) is 33.5 Å². The first-order chi connectivity index (χ1) is 8.58. The molecule has 92 valence electrons. The highest BCUT2D eigenvalue weighted by atomic mass is 79.9. The molecule has 1 heterocycles. The van der Waals surface area contributed by atoms with E-state index >= 15 is 0 Å². The second-order valence-corrected chi connectivity index (χ2v) is 5.41. The third-order valence-corrected chi connectivity index (χ3v) is 3.24. The van der Waals surface area contributed by atoms with E-state index < -0.39 is 0 Å². The molecule has 0 aliphatic carbocycles. The zero-order chi connectivity index (χ0) is 13.1. The quantitative estimate of drug-likeness (QED) is 0.796. The van der Waals surface area contributed by atoms with Crippen LogP contribution >= 0.6 is 15.9 Å². The average Bonchev–Trinajstić information content (AvgIpc) is 2.38. The van der Waals surface area contributed by atoms with Crippen molar-refractivity contribution in [3.05, 3.63) is 63.9 Å². The molecule has 1 aromatic carbocycles. The number of halogens is 1. The molecule has 0 atom stereocenters. The van der Waals surface area contributed by atoms with Gasteiger partial charge in [-0.2, -0.15) is 0 Å². The van der Waals surface area contributed by atoms with Crippen LogP contribution in [0.3, 0.4) is 0 Å². The van der Waals surface area contributed by atoms with E-state index in [0.717, 1.165) is 4.47 Å². The van der Waals surface area contributed by atoms with Crippen LogP contribution in [0.2, 0.25) is 0 Å². The van der Waals surface area contributed by atoms with Gasteiger partial charge in [-0.3, -0.25) is 9.78 Å². The second-order valence-electron chi connectivity index (χ2n) is 4.50. The van der Waals surface area contributed by atoms with Crippen molar-refractivity contribution in [2.75, 3.05) is 0 Å². The van der Waals surface area contributed by atoms with Gasteiger partial charge in [0.05, 0.1) is 0 Å². The summed E-state index contributed by atoms with van der Waals surface area (Å²) in [6, 6.07) is 9.54. The molecule has 0 fully saturated rings. The van der Waals surface area contributed by atoms with E-state index in [1.165, 1.54) is 5.56 Å². The van der Waals surface area contributed by atoms with Gasteiger partial charge in [0.1, 0.15) is 0 Å². The fourth-order valence-electron chi connectivity index (χ4n) is 1.72. The first-order valence-corrected chi connectivity index (χ1v) is 6.62. The van der Waals surface area contributed by atoms with Crippen molar-refractivity contribution in [3.8, 4) is 0 Å². The summed E-state index contributed by atoms with van der Waals surface area (Å²) in [5.41, 5.74) is 2.53. The van der Waals surface area contributed by atoms with Crippen molar-refractivity contribution in [3.63, 3.8) is 0 Å². The van der Waals surface area contributed by atoms with E-state index in [2.05, 4.69) is 34.8 Å². The van der Waals surface area contributed by atoms with Gasteiger partial charge in [0.25, 0.3) is 0 Å². The summed E-state index contributed by atoms with van der Waals surface area (Å²) in [6.45, 7) is 4.27. The Balaban J connectivity index is 2.29. The molecule has 1 aromatic heterocycles. The molecule has 0 aliphatic rings. The number of carbonyl (C=O) groups is 1. The summed E-state index contributed by atoms with van der Waals surface area (Å²) in [4.78, 5) is 16.2. The first-order valence-electron chi connectivity index (χ1n) is 5.83. The molecule has 0 saturated carbocycles. The van der Waals surface area contributed by atoms with Gasteiger partial charge >= 0.3 is 0 Å². The topological polar surface area (TPSA) is 30.0 Å². The molecule has 0 N–H and O–H groups in total. The molecule has 0 bridgehead atoms. The monoisotopic (exact) mass is 303 g/mol. The summed E-state index contributed by atoms with van der Waals surface area (Å²) < 4.78 is 0.812. The van der Waals surface area contributed by atoms with E-state index in [-0.39, 0.29) is 5.78 Å². The Hall–Kier alpha value is -1.48. The number of hydrogen-bond donors (Lipinski definition) is 0. The molecule has 0 aliphatic heterocycles. The lowest BCUT2D eigenvalue weighted by Crippen LogP contribution is -2.02. The summed E-state index contributed by atoms with van der Waals surface area (Å²) in [5.74, 6) is 0.473. The molecular weight excluding hydrogens is 290 g/mol. The molecule has 0 unspecified atom stereocenters.